The van der Waals surface area contributed by atoms with Crippen LogP contribution in [0, 0.1) is 11.3 Å². The fourth-order valence-electron chi connectivity index (χ4n) is 3.16. The molecule has 0 radical (unpaired) electrons. The number of aliphatic hydroxyl groups excluding tert-OH is 1. The lowest BCUT2D eigenvalue weighted by Gasteiger charge is -2.32. The maximum absolute atomic E-state index is 12.9. The van der Waals surface area contributed by atoms with Crippen LogP contribution in [0.3, 0.4) is 0 Å². The number of hydrogen-bond donors (Lipinski definition) is 1. The first-order valence-electron chi connectivity index (χ1n) is 8.45. The van der Waals surface area contributed by atoms with Crippen LogP contribution in [0.5, 0.6) is 0 Å². The minimum atomic E-state index is -1.37. The van der Waals surface area contributed by atoms with Gasteiger partial charge in [-0.2, -0.15) is 5.26 Å². The van der Waals surface area contributed by atoms with Gasteiger partial charge in [-0.05, 0) is 11.1 Å². The van der Waals surface area contributed by atoms with Crippen molar-refractivity contribution in [2.24, 2.45) is 0 Å². The quantitative estimate of drug-likeness (QED) is 0.674. The third-order valence-corrected chi connectivity index (χ3v) is 4.61. The zero-order valence-corrected chi connectivity index (χ0v) is 14.2. The summed E-state index contributed by atoms with van der Waals surface area (Å²) in [4.78, 5) is 12.9. The second kappa shape index (κ2) is 7.77. The Balaban J connectivity index is 2.07. The van der Waals surface area contributed by atoms with Gasteiger partial charge in [0, 0.05) is 12.0 Å². The Morgan fingerprint density at radius 2 is 1.38 bits per heavy atom. The zero-order valence-electron chi connectivity index (χ0n) is 14.2. The molecule has 128 valence electrons. The summed E-state index contributed by atoms with van der Waals surface area (Å²) in [6, 6.07) is 29.2. The van der Waals surface area contributed by atoms with Crippen molar-refractivity contribution in [3.05, 3.63) is 108 Å². The molecule has 2 unspecified atom stereocenters. The molecule has 26 heavy (non-hydrogen) atoms. The highest BCUT2D eigenvalue weighted by Gasteiger charge is 2.43. The van der Waals surface area contributed by atoms with E-state index >= 15 is 0 Å². The number of nitriles is 1. The van der Waals surface area contributed by atoms with Gasteiger partial charge in [-0.15, -0.1) is 0 Å². The van der Waals surface area contributed by atoms with Gasteiger partial charge in [0.1, 0.15) is 11.5 Å². The Bertz CT molecular complexity index is 901. The number of carbonyl (C=O) groups excluding carboxylic acids is 1. The van der Waals surface area contributed by atoms with E-state index in [2.05, 4.69) is 6.07 Å². The number of rotatable bonds is 6. The van der Waals surface area contributed by atoms with E-state index in [1.54, 1.807) is 48.5 Å². The molecule has 3 aromatic rings. The van der Waals surface area contributed by atoms with Gasteiger partial charge >= 0.3 is 0 Å². The van der Waals surface area contributed by atoms with Crippen LogP contribution in [0.4, 0.5) is 0 Å². The van der Waals surface area contributed by atoms with Crippen molar-refractivity contribution in [1.82, 2.24) is 0 Å². The summed E-state index contributed by atoms with van der Waals surface area (Å²) in [5, 5.41) is 21.2. The van der Waals surface area contributed by atoms with Gasteiger partial charge in [-0.1, -0.05) is 91.0 Å². The molecular formula is C23H19NO2. The average Bonchev–Trinajstić information content (AvgIpc) is 2.73. The standard InChI is InChI=1S/C23H19NO2/c24-17-23(20-14-8-3-9-15-20,22(26)19-12-6-2-7-13-19)16-21(25)18-10-4-1-5-11-18/h1-15,22,26H,16H2. The number of nitrogens with zero attached hydrogens (tertiary/aromatic N) is 1. The summed E-state index contributed by atoms with van der Waals surface area (Å²) in [6.07, 6.45) is -1.23. The predicted molar refractivity (Wildman–Crippen MR) is 101 cm³/mol. The van der Waals surface area contributed by atoms with Crippen LogP contribution in [-0.2, 0) is 5.41 Å². The van der Waals surface area contributed by atoms with Crippen molar-refractivity contribution >= 4 is 5.78 Å². The molecule has 0 saturated heterocycles. The normalized spacial score (nSPS) is 14.0. The van der Waals surface area contributed by atoms with E-state index in [4.69, 9.17) is 0 Å². The first kappa shape index (κ1) is 17.6. The second-order valence-corrected chi connectivity index (χ2v) is 6.23. The molecule has 3 heteroatoms. The summed E-state index contributed by atoms with van der Waals surface area (Å²) in [6.45, 7) is 0. The zero-order chi connectivity index (χ0) is 18.4. The third kappa shape index (κ3) is 3.42. The Kier molecular flexibility index (Phi) is 5.26. The number of benzene rings is 3. The maximum atomic E-state index is 12.9. The number of Topliss-reactive ketones (excluding diaryl/α,β-unsaturated/α-hetero) is 1. The number of carbonyl (C=O) groups is 1. The van der Waals surface area contributed by atoms with Crippen LogP contribution < -0.4 is 0 Å². The molecule has 0 fully saturated rings. The Morgan fingerprint density at radius 3 is 1.92 bits per heavy atom. The molecule has 2 atom stereocenters. The van der Waals surface area contributed by atoms with Gasteiger partial charge in [-0.25, -0.2) is 0 Å². The van der Waals surface area contributed by atoms with Crippen molar-refractivity contribution < 1.29 is 9.90 Å². The van der Waals surface area contributed by atoms with Crippen LogP contribution in [0.25, 0.3) is 0 Å². The van der Waals surface area contributed by atoms with Crippen LogP contribution in [-0.4, -0.2) is 10.9 Å². The minimum Gasteiger partial charge on any atom is -0.386 e. The SMILES string of the molecule is N#CC(CC(=O)c1ccccc1)(c1ccccc1)C(O)c1ccccc1. The largest absolute Gasteiger partial charge is 0.386 e. The van der Waals surface area contributed by atoms with E-state index in [0.717, 1.165) is 0 Å². The highest BCUT2D eigenvalue weighted by atomic mass is 16.3. The van der Waals surface area contributed by atoms with Crippen molar-refractivity contribution in [1.29, 1.82) is 5.26 Å². The van der Waals surface area contributed by atoms with E-state index in [0.29, 0.717) is 16.7 Å². The van der Waals surface area contributed by atoms with E-state index in [-0.39, 0.29) is 12.2 Å². The summed E-state index contributed by atoms with van der Waals surface area (Å²) in [5.41, 5.74) is 0.403. The molecule has 0 bridgehead atoms. The van der Waals surface area contributed by atoms with E-state index in [1.165, 1.54) is 0 Å². The molecule has 0 saturated carbocycles. The summed E-state index contributed by atoms with van der Waals surface area (Å²) in [5.74, 6) is -0.175. The minimum absolute atomic E-state index is 0.104. The maximum Gasteiger partial charge on any atom is 0.164 e. The summed E-state index contributed by atoms with van der Waals surface area (Å²) < 4.78 is 0. The molecule has 0 aliphatic carbocycles. The molecule has 0 amide bonds. The molecule has 1 N–H and O–H groups in total. The van der Waals surface area contributed by atoms with Crippen LogP contribution in [0.1, 0.15) is 34.0 Å². The molecule has 0 aromatic heterocycles. The summed E-state index contributed by atoms with van der Waals surface area (Å²) in [7, 11) is 0. The molecule has 0 aliphatic rings. The Hall–Kier alpha value is -3.22. The second-order valence-electron chi connectivity index (χ2n) is 6.23. The molecule has 3 rings (SSSR count). The predicted octanol–water partition coefficient (Wildman–Crippen LogP) is 4.45. The lowest BCUT2D eigenvalue weighted by molar-refractivity contribution is 0.0798. The Labute approximate surface area is 153 Å². The highest BCUT2D eigenvalue weighted by Crippen LogP contribution is 2.40. The smallest absolute Gasteiger partial charge is 0.164 e. The van der Waals surface area contributed by atoms with Gasteiger partial charge in [0.25, 0.3) is 0 Å². The first-order valence-corrected chi connectivity index (χ1v) is 8.45. The van der Waals surface area contributed by atoms with Gasteiger partial charge in [0.05, 0.1) is 6.07 Å². The summed E-state index contributed by atoms with van der Waals surface area (Å²) >= 11 is 0. The van der Waals surface area contributed by atoms with Crippen LogP contribution in [0.2, 0.25) is 0 Å². The molecular weight excluding hydrogens is 322 g/mol. The van der Waals surface area contributed by atoms with Gasteiger partial charge in [0.15, 0.2) is 5.78 Å². The van der Waals surface area contributed by atoms with Crippen molar-refractivity contribution in [2.75, 3.05) is 0 Å². The van der Waals surface area contributed by atoms with Crippen LogP contribution >= 0.6 is 0 Å². The van der Waals surface area contributed by atoms with Crippen molar-refractivity contribution in [3.8, 4) is 6.07 Å². The lowest BCUT2D eigenvalue weighted by atomic mass is 9.70. The molecule has 3 aromatic carbocycles. The topological polar surface area (TPSA) is 61.1 Å². The molecule has 0 spiro atoms. The van der Waals surface area contributed by atoms with E-state index in [9.17, 15) is 15.2 Å². The average molecular weight is 341 g/mol. The van der Waals surface area contributed by atoms with Gasteiger partial charge in [0.2, 0.25) is 0 Å². The van der Waals surface area contributed by atoms with Crippen molar-refractivity contribution in [3.63, 3.8) is 0 Å². The van der Waals surface area contributed by atoms with E-state index in [1.807, 2.05) is 42.5 Å². The molecule has 0 aliphatic heterocycles. The first-order chi connectivity index (χ1) is 12.7. The monoisotopic (exact) mass is 341 g/mol. The number of ketones is 1. The number of aliphatic hydroxyl groups is 1. The highest BCUT2D eigenvalue weighted by molar-refractivity contribution is 5.97. The van der Waals surface area contributed by atoms with E-state index < -0.39 is 11.5 Å². The van der Waals surface area contributed by atoms with Crippen molar-refractivity contribution in [2.45, 2.75) is 17.9 Å². The van der Waals surface area contributed by atoms with Crippen LogP contribution in [0.15, 0.2) is 91.0 Å². The fourth-order valence-corrected chi connectivity index (χ4v) is 3.16. The van der Waals surface area contributed by atoms with Gasteiger partial charge in [-0.3, -0.25) is 4.79 Å². The third-order valence-electron chi connectivity index (χ3n) is 4.61. The molecule has 3 nitrogen and oxygen atoms in total. The number of hydrogen-bond acceptors (Lipinski definition) is 3. The molecule has 0 heterocycles. The Morgan fingerprint density at radius 1 is 0.885 bits per heavy atom. The van der Waals surface area contributed by atoms with Gasteiger partial charge < -0.3 is 5.11 Å². The lowest BCUT2D eigenvalue weighted by Crippen LogP contribution is -2.35. The fraction of sp³-hybridized carbons (Fsp3) is 0.130.